The smallest absolute Gasteiger partial charge is 0.416 e. The van der Waals surface area contributed by atoms with Crippen LogP contribution >= 0.6 is 22.9 Å². The molecule has 1 aliphatic rings. The fourth-order valence-electron chi connectivity index (χ4n) is 4.51. The first-order valence-electron chi connectivity index (χ1n) is 12.3. The number of anilines is 1. The van der Waals surface area contributed by atoms with E-state index in [0.29, 0.717) is 47.8 Å². The van der Waals surface area contributed by atoms with Crippen molar-refractivity contribution >= 4 is 34.0 Å². The summed E-state index contributed by atoms with van der Waals surface area (Å²) in [5, 5.41) is 12.5. The molecule has 3 aromatic carbocycles. The summed E-state index contributed by atoms with van der Waals surface area (Å²) in [6.45, 7) is 1.51. The standard InChI is InChI=1S/C29H24ClF3N2O3S/c30-24-15-20(18-7-9-22(10-8-18)29(31,32)33)5-6-21(24)16-38-26-4-2-1-3-23(26)25-17-39-28(34-25)35-13-11-19(12-14-35)27(36)37/h1-10,15,17,19H,11-14,16H2,(H,36,37). The van der Waals surface area contributed by atoms with Crippen molar-refractivity contribution in [3.63, 3.8) is 0 Å². The van der Waals surface area contributed by atoms with Gasteiger partial charge in [-0.15, -0.1) is 11.3 Å². The van der Waals surface area contributed by atoms with Crippen molar-refractivity contribution in [3.05, 3.63) is 88.3 Å². The largest absolute Gasteiger partial charge is 0.488 e. The third-order valence-electron chi connectivity index (χ3n) is 6.75. The number of hydrogen-bond donors (Lipinski definition) is 1. The third kappa shape index (κ3) is 6.20. The minimum Gasteiger partial charge on any atom is -0.488 e. The van der Waals surface area contributed by atoms with E-state index in [1.165, 1.54) is 23.5 Å². The molecule has 1 N–H and O–H groups in total. The highest BCUT2D eigenvalue weighted by atomic mass is 35.5. The number of rotatable bonds is 7. The minimum atomic E-state index is -4.38. The Hall–Kier alpha value is -3.56. The average molecular weight is 573 g/mol. The van der Waals surface area contributed by atoms with Crippen molar-refractivity contribution in [3.8, 4) is 28.1 Å². The lowest BCUT2D eigenvalue weighted by molar-refractivity contribution is -0.142. The third-order valence-corrected chi connectivity index (χ3v) is 8.00. The highest BCUT2D eigenvalue weighted by Gasteiger charge is 2.30. The highest BCUT2D eigenvalue weighted by Crippen LogP contribution is 2.36. The van der Waals surface area contributed by atoms with Gasteiger partial charge in [0.15, 0.2) is 5.13 Å². The van der Waals surface area contributed by atoms with Gasteiger partial charge in [0.1, 0.15) is 12.4 Å². The van der Waals surface area contributed by atoms with Crippen LogP contribution in [0.25, 0.3) is 22.4 Å². The minimum absolute atomic E-state index is 0.197. The SMILES string of the molecule is O=C(O)C1CCN(c2nc(-c3ccccc3OCc3ccc(-c4ccc(C(F)(F)F)cc4)cc3Cl)cs2)CC1. The van der Waals surface area contributed by atoms with Gasteiger partial charge in [-0.25, -0.2) is 4.98 Å². The van der Waals surface area contributed by atoms with E-state index in [4.69, 9.17) is 21.3 Å². The van der Waals surface area contributed by atoms with Crippen LogP contribution in [0.3, 0.4) is 0 Å². The predicted molar refractivity (Wildman–Crippen MR) is 146 cm³/mol. The van der Waals surface area contributed by atoms with Crippen molar-refractivity contribution in [2.24, 2.45) is 5.92 Å². The summed E-state index contributed by atoms with van der Waals surface area (Å²) < 4.78 is 44.7. The van der Waals surface area contributed by atoms with E-state index in [0.717, 1.165) is 34.1 Å². The van der Waals surface area contributed by atoms with Crippen molar-refractivity contribution in [2.45, 2.75) is 25.6 Å². The number of halogens is 4. The Bertz CT molecular complexity index is 1470. The van der Waals surface area contributed by atoms with E-state index >= 15 is 0 Å². The van der Waals surface area contributed by atoms with Crippen LogP contribution < -0.4 is 9.64 Å². The number of thiazole rings is 1. The van der Waals surface area contributed by atoms with Crippen molar-refractivity contribution in [1.29, 1.82) is 0 Å². The first kappa shape index (κ1) is 27.0. The number of aliphatic carboxylic acids is 1. The van der Waals surface area contributed by atoms with Crippen LogP contribution in [0.1, 0.15) is 24.0 Å². The average Bonchev–Trinajstić information content (AvgIpc) is 3.42. The molecule has 5 rings (SSSR count). The molecule has 2 heterocycles. The Balaban J connectivity index is 1.27. The zero-order chi connectivity index (χ0) is 27.6. The molecule has 0 amide bonds. The zero-order valence-corrected chi connectivity index (χ0v) is 22.2. The second-order valence-electron chi connectivity index (χ2n) is 9.28. The predicted octanol–water partition coefficient (Wildman–Crippen LogP) is 8.03. The molecule has 4 aromatic rings. The van der Waals surface area contributed by atoms with Gasteiger partial charge in [0.2, 0.25) is 0 Å². The van der Waals surface area contributed by atoms with Gasteiger partial charge in [0, 0.05) is 34.6 Å². The van der Waals surface area contributed by atoms with Crippen LogP contribution in [-0.4, -0.2) is 29.1 Å². The van der Waals surface area contributed by atoms with Crippen LogP contribution in [0.15, 0.2) is 72.1 Å². The number of benzene rings is 3. The Kier molecular flexibility index (Phi) is 7.81. The number of hydrogen-bond acceptors (Lipinski definition) is 5. The van der Waals surface area contributed by atoms with Gasteiger partial charge >= 0.3 is 12.1 Å². The number of carbonyl (C=O) groups is 1. The molecular formula is C29H24ClF3N2O3S. The molecule has 0 spiro atoms. The van der Waals surface area contributed by atoms with Crippen LogP contribution in [0.5, 0.6) is 5.75 Å². The molecule has 1 fully saturated rings. The van der Waals surface area contributed by atoms with Gasteiger partial charge in [0.25, 0.3) is 0 Å². The molecule has 0 aliphatic carbocycles. The van der Waals surface area contributed by atoms with Gasteiger partial charge in [-0.05, 0) is 54.3 Å². The number of piperidine rings is 1. The first-order chi connectivity index (χ1) is 18.7. The lowest BCUT2D eigenvalue weighted by atomic mass is 9.97. The van der Waals surface area contributed by atoms with E-state index in [-0.39, 0.29) is 12.5 Å². The van der Waals surface area contributed by atoms with Crippen molar-refractivity contribution < 1.29 is 27.8 Å². The van der Waals surface area contributed by atoms with Gasteiger partial charge < -0.3 is 14.7 Å². The number of nitrogens with zero attached hydrogens (tertiary/aromatic N) is 2. The molecule has 39 heavy (non-hydrogen) atoms. The fourth-order valence-corrected chi connectivity index (χ4v) is 5.62. The quantitative estimate of drug-likeness (QED) is 0.243. The van der Waals surface area contributed by atoms with Crippen LogP contribution in [-0.2, 0) is 17.6 Å². The number of carboxylic acids is 1. The fraction of sp³-hybridized carbons (Fsp3) is 0.241. The van der Waals surface area contributed by atoms with E-state index in [2.05, 4.69) is 4.90 Å². The monoisotopic (exact) mass is 572 g/mol. The second kappa shape index (κ2) is 11.3. The summed E-state index contributed by atoms with van der Waals surface area (Å²) in [6.07, 6.45) is -3.18. The zero-order valence-electron chi connectivity index (χ0n) is 20.6. The molecule has 0 unspecified atom stereocenters. The maximum absolute atomic E-state index is 12.9. The second-order valence-corrected chi connectivity index (χ2v) is 10.5. The van der Waals surface area contributed by atoms with E-state index in [9.17, 15) is 23.1 Å². The summed E-state index contributed by atoms with van der Waals surface area (Å²) in [5.41, 5.74) is 2.99. The lowest BCUT2D eigenvalue weighted by Crippen LogP contribution is -2.36. The maximum Gasteiger partial charge on any atom is 0.416 e. The number of aromatic nitrogens is 1. The van der Waals surface area contributed by atoms with Gasteiger partial charge in [-0.3, -0.25) is 4.79 Å². The first-order valence-corrected chi connectivity index (χ1v) is 13.6. The Labute approximate surface area is 232 Å². The van der Waals surface area contributed by atoms with Crippen LogP contribution in [0.4, 0.5) is 18.3 Å². The van der Waals surface area contributed by atoms with Crippen LogP contribution in [0.2, 0.25) is 5.02 Å². The number of carboxylic acid groups (broad SMARTS) is 1. The molecule has 0 atom stereocenters. The summed E-state index contributed by atoms with van der Waals surface area (Å²) in [5.74, 6) is -0.401. The van der Waals surface area contributed by atoms with E-state index < -0.39 is 17.7 Å². The van der Waals surface area contributed by atoms with Gasteiger partial charge in [-0.2, -0.15) is 13.2 Å². The molecule has 0 bridgehead atoms. The molecule has 1 aliphatic heterocycles. The van der Waals surface area contributed by atoms with E-state index in [1.807, 2.05) is 29.6 Å². The molecule has 202 valence electrons. The van der Waals surface area contributed by atoms with Crippen molar-refractivity contribution in [2.75, 3.05) is 18.0 Å². The highest BCUT2D eigenvalue weighted by molar-refractivity contribution is 7.14. The topological polar surface area (TPSA) is 62.7 Å². The number of para-hydroxylation sites is 1. The summed E-state index contributed by atoms with van der Waals surface area (Å²) in [7, 11) is 0. The lowest BCUT2D eigenvalue weighted by Gasteiger charge is -2.29. The molecule has 0 saturated carbocycles. The molecule has 5 nitrogen and oxygen atoms in total. The number of ether oxygens (including phenoxy) is 1. The molecular weight excluding hydrogens is 549 g/mol. The summed E-state index contributed by atoms with van der Waals surface area (Å²) in [4.78, 5) is 18.2. The Morgan fingerprint density at radius 2 is 1.74 bits per heavy atom. The van der Waals surface area contributed by atoms with E-state index in [1.54, 1.807) is 18.2 Å². The van der Waals surface area contributed by atoms with Crippen LogP contribution in [0, 0.1) is 5.92 Å². The number of alkyl halides is 3. The molecule has 1 saturated heterocycles. The Morgan fingerprint density at radius 1 is 1.05 bits per heavy atom. The summed E-state index contributed by atoms with van der Waals surface area (Å²) in [6, 6.07) is 17.9. The molecule has 0 radical (unpaired) electrons. The van der Waals surface area contributed by atoms with Gasteiger partial charge in [0.05, 0.1) is 17.2 Å². The van der Waals surface area contributed by atoms with Crippen molar-refractivity contribution in [1.82, 2.24) is 4.98 Å². The molecule has 10 heteroatoms. The maximum atomic E-state index is 12.9. The Morgan fingerprint density at radius 3 is 2.41 bits per heavy atom. The summed E-state index contributed by atoms with van der Waals surface area (Å²) >= 11 is 8.03. The molecule has 1 aromatic heterocycles. The van der Waals surface area contributed by atoms with Gasteiger partial charge in [-0.1, -0.05) is 48.0 Å². The normalized spacial score (nSPS) is 14.4.